The van der Waals surface area contributed by atoms with E-state index in [4.69, 9.17) is 5.73 Å². The summed E-state index contributed by atoms with van der Waals surface area (Å²) in [4.78, 5) is 23.3. The number of pyridine rings is 1. The maximum atomic E-state index is 12.1. The quantitative estimate of drug-likeness (QED) is 0.792. The van der Waals surface area contributed by atoms with Gasteiger partial charge < -0.3 is 10.3 Å². The second kappa shape index (κ2) is 3.45. The monoisotopic (exact) mass is 228 g/mol. The number of hydrogen-bond donors (Lipinski definition) is 1. The molecule has 2 aromatic rings. The van der Waals surface area contributed by atoms with Crippen LogP contribution in [0, 0.1) is 0 Å². The average molecular weight is 228 g/mol. The Kier molecular flexibility index (Phi) is 2.04. The van der Waals surface area contributed by atoms with E-state index in [1.54, 1.807) is 10.6 Å². The third-order valence-electron chi connectivity index (χ3n) is 3.29. The SMILES string of the molecule is NC(=O)c1cc2cccc3c2n(c1=O)CCC3. The predicted molar refractivity (Wildman–Crippen MR) is 65.0 cm³/mol. The molecule has 1 aliphatic rings. The number of carbonyl (C=O) groups is 1. The molecule has 17 heavy (non-hydrogen) atoms. The van der Waals surface area contributed by atoms with Gasteiger partial charge in [-0.3, -0.25) is 9.59 Å². The van der Waals surface area contributed by atoms with Crippen LogP contribution in [0.3, 0.4) is 0 Å². The Bertz CT molecular complexity index is 686. The molecule has 0 fully saturated rings. The summed E-state index contributed by atoms with van der Waals surface area (Å²) in [5, 5.41) is 0.913. The summed E-state index contributed by atoms with van der Waals surface area (Å²) in [6, 6.07) is 7.49. The molecule has 1 amide bonds. The van der Waals surface area contributed by atoms with E-state index in [1.165, 1.54) is 5.56 Å². The van der Waals surface area contributed by atoms with Crippen LogP contribution < -0.4 is 11.3 Å². The van der Waals surface area contributed by atoms with Gasteiger partial charge in [0.15, 0.2) is 0 Å². The number of nitrogens with two attached hydrogens (primary N) is 1. The van der Waals surface area contributed by atoms with Crippen molar-refractivity contribution in [3.8, 4) is 0 Å². The lowest BCUT2D eigenvalue weighted by molar-refractivity contribution is 0.0998. The van der Waals surface area contributed by atoms with E-state index in [2.05, 4.69) is 0 Å². The second-order valence-electron chi connectivity index (χ2n) is 4.34. The Balaban J connectivity index is 2.51. The minimum absolute atomic E-state index is 0.0801. The normalized spacial score (nSPS) is 13.9. The molecule has 0 bridgehead atoms. The Hall–Kier alpha value is -2.10. The van der Waals surface area contributed by atoms with Crippen molar-refractivity contribution in [1.29, 1.82) is 0 Å². The van der Waals surface area contributed by atoms with Crippen molar-refractivity contribution in [2.45, 2.75) is 19.4 Å². The van der Waals surface area contributed by atoms with Crippen molar-refractivity contribution in [2.75, 3.05) is 0 Å². The second-order valence-corrected chi connectivity index (χ2v) is 4.34. The molecular weight excluding hydrogens is 216 g/mol. The van der Waals surface area contributed by atoms with Gasteiger partial charge in [0.05, 0.1) is 5.52 Å². The number of carbonyl (C=O) groups excluding carboxylic acids is 1. The standard InChI is InChI=1S/C13H12N2O2/c14-12(16)10-7-9-4-1-3-8-5-2-6-15(11(8)9)13(10)17/h1,3-4,7H,2,5-6H2,(H2,14,16). The highest BCUT2D eigenvalue weighted by Crippen LogP contribution is 2.23. The number of primary amides is 1. The highest BCUT2D eigenvalue weighted by molar-refractivity contribution is 5.96. The highest BCUT2D eigenvalue weighted by atomic mass is 16.2. The molecule has 0 atom stereocenters. The Morgan fingerprint density at radius 3 is 2.94 bits per heavy atom. The van der Waals surface area contributed by atoms with Crippen LogP contribution in [0.25, 0.3) is 10.9 Å². The summed E-state index contributed by atoms with van der Waals surface area (Å²) in [6.07, 6.45) is 1.90. The van der Waals surface area contributed by atoms with E-state index in [0.29, 0.717) is 6.54 Å². The van der Waals surface area contributed by atoms with Crippen LogP contribution in [-0.4, -0.2) is 10.5 Å². The van der Waals surface area contributed by atoms with Crippen LogP contribution in [0.2, 0.25) is 0 Å². The Labute approximate surface area is 97.7 Å². The van der Waals surface area contributed by atoms with Crippen molar-refractivity contribution in [2.24, 2.45) is 5.73 Å². The first kappa shape index (κ1) is 10.1. The highest BCUT2D eigenvalue weighted by Gasteiger charge is 2.17. The number of rotatable bonds is 1. The Morgan fingerprint density at radius 2 is 2.18 bits per heavy atom. The molecule has 0 radical (unpaired) electrons. The zero-order valence-corrected chi connectivity index (χ0v) is 9.27. The van der Waals surface area contributed by atoms with Crippen molar-refractivity contribution >= 4 is 16.8 Å². The first-order valence-electron chi connectivity index (χ1n) is 5.64. The van der Waals surface area contributed by atoms with E-state index >= 15 is 0 Å². The van der Waals surface area contributed by atoms with E-state index in [1.807, 2.05) is 18.2 Å². The largest absolute Gasteiger partial charge is 0.365 e. The number of aryl methyl sites for hydroxylation is 2. The average Bonchev–Trinajstić information content (AvgIpc) is 2.33. The maximum Gasteiger partial charge on any atom is 0.263 e. The summed E-state index contributed by atoms with van der Waals surface area (Å²) in [5.74, 6) is -0.656. The van der Waals surface area contributed by atoms with Crippen LogP contribution in [0.5, 0.6) is 0 Å². The van der Waals surface area contributed by atoms with Gasteiger partial charge in [-0.1, -0.05) is 18.2 Å². The van der Waals surface area contributed by atoms with Crippen LogP contribution in [0.4, 0.5) is 0 Å². The number of aromatic nitrogens is 1. The lowest BCUT2D eigenvalue weighted by Crippen LogP contribution is -2.31. The fourth-order valence-electron chi connectivity index (χ4n) is 2.54. The van der Waals surface area contributed by atoms with Crippen molar-refractivity contribution < 1.29 is 4.79 Å². The fourth-order valence-corrected chi connectivity index (χ4v) is 2.54. The topological polar surface area (TPSA) is 65.1 Å². The molecule has 2 heterocycles. The third kappa shape index (κ3) is 1.37. The zero-order valence-electron chi connectivity index (χ0n) is 9.27. The molecule has 86 valence electrons. The van der Waals surface area contributed by atoms with Crippen LogP contribution in [-0.2, 0) is 13.0 Å². The van der Waals surface area contributed by atoms with Gasteiger partial charge in [-0.2, -0.15) is 0 Å². The number of nitrogens with zero attached hydrogens (tertiary/aromatic N) is 1. The minimum atomic E-state index is -0.656. The Morgan fingerprint density at radius 1 is 1.35 bits per heavy atom. The molecule has 1 aromatic carbocycles. The van der Waals surface area contributed by atoms with Crippen molar-refractivity contribution in [3.05, 3.63) is 45.7 Å². The lowest BCUT2D eigenvalue weighted by atomic mass is 10.00. The van der Waals surface area contributed by atoms with E-state index in [9.17, 15) is 9.59 Å². The fraction of sp³-hybridized carbons (Fsp3) is 0.231. The number of para-hydroxylation sites is 1. The number of amides is 1. The molecule has 0 spiro atoms. The van der Waals surface area contributed by atoms with Gasteiger partial charge in [0.1, 0.15) is 5.56 Å². The van der Waals surface area contributed by atoms with E-state index < -0.39 is 5.91 Å². The summed E-state index contributed by atoms with van der Waals surface area (Å²) < 4.78 is 1.67. The molecule has 4 nitrogen and oxygen atoms in total. The predicted octanol–water partition coefficient (Wildman–Crippen LogP) is 1.05. The maximum absolute atomic E-state index is 12.1. The minimum Gasteiger partial charge on any atom is -0.365 e. The smallest absolute Gasteiger partial charge is 0.263 e. The van der Waals surface area contributed by atoms with E-state index in [-0.39, 0.29) is 11.1 Å². The van der Waals surface area contributed by atoms with Gasteiger partial charge in [0.25, 0.3) is 11.5 Å². The molecule has 0 aliphatic carbocycles. The summed E-state index contributed by atoms with van der Waals surface area (Å²) in [6.45, 7) is 0.660. The zero-order chi connectivity index (χ0) is 12.0. The van der Waals surface area contributed by atoms with Gasteiger partial charge in [0.2, 0.25) is 0 Å². The number of benzene rings is 1. The summed E-state index contributed by atoms with van der Waals surface area (Å²) in [7, 11) is 0. The van der Waals surface area contributed by atoms with Crippen LogP contribution in [0.1, 0.15) is 22.3 Å². The third-order valence-corrected chi connectivity index (χ3v) is 3.29. The molecule has 0 saturated carbocycles. The molecule has 1 aromatic heterocycles. The van der Waals surface area contributed by atoms with Gasteiger partial charge in [-0.25, -0.2) is 0 Å². The summed E-state index contributed by atoms with van der Waals surface area (Å²) in [5.41, 5.74) is 7.17. The summed E-state index contributed by atoms with van der Waals surface area (Å²) >= 11 is 0. The molecule has 3 rings (SSSR count). The number of hydrogen-bond acceptors (Lipinski definition) is 2. The van der Waals surface area contributed by atoms with Gasteiger partial charge in [-0.05, 0) is 29.9 Å². The van der Waals surface area contributed by atoms with Crippen LogP contribution in [0.15, 0.2) is 29.1 Å². The molecular formula is C13H12N2O2. The first-order chi connectivity index (χ1) is 8.18. The van der Waals surface area contributed by atoms with Crippen molar-refractivity contribution in [1.82, 2.24) is 4.57 Å². The van der Waals surface area contributed by atoms with Gasteiger partial charge >= 0.3 is 0 Å². The van der Waals surface area contributed by atoms with Gasteiger partial charge in [-0.15, -0.1) is 0 Å². The van der Waals surface area contributed by atoms with Gasteiger partial charge in [0, 0.05) is 6.54 Å². The molecule has 1 aliphatic heterocycles. The molecule has 0 saturated heterocycles. The molecule has 4 heteroatoms. The molecule has 2 N–H and O–H groups in total. The lowest BCUT2D eigenvalue weighted by Gasteiger charge is -2.19. The first-order valence-corrected chi connectivity index (χ1v) is 5.64. The van der Waals surface area contributed by atoms with Crippen LogP contribution >= 0.6 is 0 Å². The van der Waals surface area contributed by atoms with Crippen molar-refractivity contribution in [3.63, 3.8) is 0 Å². The van der Waals surface area contributed by atoms with E-state index in [0.717, 1.165) is 23.7 Å². The molecule has 0 unspecified atom stereocenters.